The van der Waals surface area contributed by atoms with Crippen LogP contribution in [-0.4, -0.2) is 11.8 Å². The molecular weight excluding hydrogens is 86.1 g/mol. The van der Waals surface area contributed by atoms with Crippen LogP contribution >= 0.6 is 0 Å². The maximum atomic E-state index is 4.22. The van der Waals surface area contributed by atoms with E-state index in [1.54, 1.807) is 0 Å². The molecule has 2 unspecified atom stereocenters. The van der Waals surface area contributed by atoms with Crippen LogP contribution in [0.3, 0.4) is 0 Å². The largest absolute Gasteiger partial charge is 0.285 e. The highest BCUT2D eigenvalue weighted by atomic mass is 14.9. The molecule has 0 bridgehead atoms. The fraction of sp³-hybridized carbons (Fsp3) is 0.500. The Bertz CT molecular complexity index is 156. The standard InChI is InChI=1S/C6H7N/c1-4-5-2-3-6(5)7-4/h2-3,5-6H,1H3. The molecule has 1 nitrogen and oxygen atoms in total. The van der Waals surface area contributed by atoms with Gasteiger partial charge in [0, 0.05) is 11.6 Å². The Hall–Kier alpha value is -0.590. The Morgan fingerprint density at radius 2 is 2.43 bits per heavy atom. The summed E-state index contributed by atoms with van der Waals surface area (Å²) >= 11 is 0. The normalized spacial score (nSPS) is 43.3. The summed E-state index contributed by atoms with van der Waals surface area (Å²) in [6, 6.07) is 0.597. The second-order valence-corrected chi connectivity index (χ2v) is 2.17. The molecule has 0 aromatic carbocycles. The quantitative estimate of drug-likeness (QED) is 0.396. The SMILES string of the molecule is CC1=NC2C=CC12. The third-order valence-corrected chi connectivity index (χ3v) is 1.72. The van der Waals surface area contributed by atoms with Gasteiger partial charge in [0.25, 0.3) is 0 Å². The lowest BCUT2D eigenvalue weighted by Gasteiger charge is -2.35. The average molecular weight is 93.1 g/mol. The van der Waals surface area contributed by atoms with Crippen LogP contribution in [0, 0.1) is 5.92 Å². The molecule has 1 aliphatic carbocycles. The predicted molar refractivity (Wildman–Crippen MR) is 29.5 cm³/mol. The Labute approximate surface area is 42.8 Å². The maximum Gasteiger partial charge on any atom is 0.0794 e. The molecule has 0 aromatic heterocycles. The van der Waals surface area contributed by atoms with E-state index in [1.807, 2.05) is 0 Å². The third kappa shape index (κ3) is 0.234. The summed E-state index contributed by atoms with van der Waals surface area (Å²) in [6.07, 6.45) is 4.37. The van der Waals surface area contributed by atoms with Crippen molar-refractivity contribution in [2.45, 2.75) is 13.0 Å². The van der Waals surface area contributed by atoms with Gasteiger partial charge in [0.2, 0.25) is 0 Å². The van der Waals surface area contributed by atoms with E-state index in [0.717, 1.165) is 5.92 Å². The van der Waals surface area contributed by atoms with Crippen LogP contribution in [0.1, 0.15) is 6.92 Å². The molecule has 1 heterocycles. The first-order valence-corrected chi connectivity index (χ1v) is 2.60. The monoisotopic (exact) mass is 93.1 g/mol. The Kier molecular flexibility index (Phi) is 0.394. The second-order valence-electron chi connectivity index (χ2n) is 2.17. The van der Waals surface area contributed by atoms with E-state index in [0.29, 0.717) is 6.04 Å². The molecule has 0 saturated heterocycles. The summed E-state index contributed by atoms with van der Waals surface area (Å²) in [4.78, 5) is 4.22. The summed E-state index contributed by atoms with van der Waals surface area (Å²) in [5, 5.41) is 0. The number of hydrogen-bond donors (Lipinski definition) is 0. The van der Waals surface area contributed by atoms with Crippen molar-refractivity contribution in [3.05, 3.63) is 12.2 Å². The van der Waals surface area contributed by atoms with E-state index < -0.39 is 0 Å². The number of dihydropyridines is 1. The molecule has 0 radical (unpaired) electrons. The van der Waals surface area contributed by atoms with E-state index in [4.69, 9.17) is 0 Å². The fourth-order valence-corrected chi connectivity index (χ4v) is 1.07. The van der Waals surface area contributed by atoms with Gasteiger partial charge in [0.15, 0.2) is 0 Å². The van der Waals surface area contributed by atoms with Crippen molar-refractivity contribution in [2.24, 2.45) is 10.9 Å². The molecule has 0 amide bonds. The molecule has 0 spiro atoms. The van der Waals surface area contributed by atoms with Crippen molar-refractivity contribution in [3.8, 4) is 0 Å². The zero-order valence-corrected chi connectivity index (χ0v) is 4.26. The topological polar surface area (TPSA) is 12.4 Å². The van der Waals surface area contributed by atoms with Crippen molar-refractivity contribution in [2.75, 3.05) is 0 Å². The van der Waals surface area contributed by atoms with Gasteiger partial charge in [-0.2, -0.15) is 0 Å². The van der Waals surface area contributed by atoms with Gasteiger partial charge in [0.05, 0.1) is 6.04 Å². The van der Waals surface area contributed by atoms with E-state index in [2.05, 4.69) is 24.1 Å². The lowest BCUT2D eigenvalue weighted by Crippen LogP contribution is -2.38. The van der Waals surface area contributed by atoms with E-state index >= 15 is 0 Å². The first-order valence-electron chi connectivity index (χ1n) is 2.60. The van der Waals surface area contributed by atoms with E-state index in [1.165, 1.54) is 5.71 Å². The molecule has 1 aliphatic heterocycles. The first-order chi connectivity index (χ1) is 3.38. The highest BCUT2D eigenvalue weighted by Crippen LogP contribution is 2.31. The maximum absolute atomic E-state index is 4.22. The van der Waals surface area contributed by atoms with Gasteiger partial charge in [-0.05, 0) is 6.92 Å². The summed E-state index contributed by atoms with van der Waals surface area (Å²) in [6.45, 7) is 2.09. The van der Waals surface area contributed by atoms with E-state index in [-0.39, 0.29) is 0 Å². The summed E-state index contributed by atoms with van der Waals surface area (Å²) in [5.74, 6) is 0.750. The number of nitrogens with zero attached hydrogens (tertiary/aromatic N) is 1. The summed E-state index contributed by atoms with van der Waals surface area (Å²) < 4.78 is 0. The summed E-state index contributed by atoms with van der Waals surface area (Å²) in [7, 11) is 0. The van der Waals surface area contributed by atoms with Crippen LogP contribution in [0.15, 0.2) is 17.1 Å². The molecule has 7 heavy (non-hydrogen) atoms. The number of rotatable bonds is 0. The van der Waals surface area contributed by atoms with Crippen LogP contribution in [0.2, 0.25) is 0 Å². The molecule has 0 N–H and O–H groups in total. The Balaban J connectivity index is 2.32. The van der Waals surface area contributed by atoms with Crippen molar-refractivity contribution in [3.63, 3.8) is 0 Å². The van der Waals surface area contributed by atoms with Gasteiger partial charge in [-0.15, -0.1) is 0 Å². The zero-order valence-electron chi connectivity index (χ0n) is 4.26. The summed E-state index contributed by atoms with van der Waals surface area (Å²) in [5.41, 5.74) is 1.31. The first kappa shape index (κ1) is 3.42. The lowest BCUT2D eigenvalue weighted by molar-refractivity contribution is 0.594. The lowest BCUT2D eigenvalue weighted by atomic mass is 9.80. The van der Waals surface area contributed by atoms with Gasteiger partial charge in [0.1, 0.15) is 0 Å². The molecule has 2 aliphatic rings. The molecule has 0 saturated carbocycles. The van der Waals surface area contributed by atoms with Gasteiger partial charge in [-0.1, -0.05) is 12.2 Å². The number of aliphatic imine (C=N–C) groups is 1. The third-order valence-electron chi connectivity index (χ3n) is 1.72. The zero-order chi connectivity index (χ0) is 4.85. The van der Waals surface area contributed by atoms with Crippen LogP contribution < -0.4 is 0 Å². The minimum Gasteiger partial charge on any atom is -0.285 e. The van der Waals surface area contributed by atoms with Crippen LogP contribution in [0.4, 0.5) is 0 Å². The molecule has 0 aromatic rings. The molecule has 2 rings (SSSR count). The molecule has 36 valence electrons. The second kappa shape index (κ2) is 0.808. The molecule has 0 fully saturated rings. The number of hydrogen-bond acceptors (Lipinski definition) is 1. The van der Waals surface area contributed by atoms with Crippen molar-refractivity contribution in [1.82, 2.24) is 0 Å². The average Bonchev–Trinajstić information content (AvgIpc) is 1.59. The highest BCUT2D eigenvalue weighted by Gasteiger charge is 2.33. The molecular formula is C6H7N. The minimum absolute atomic E-state index is 0.597. The minimum atomic E-state index is 0.597. The highest BCUT2D eigenvalue weighted by molar-refractivity contribution is 5.93. The van der Waals surface area contributed by atoms with E-state index in [9.17, 15) is 0 Å². The van der Waals surface area contributed by atoms with Gasteiger partial charge in [-0.25, -0.2) is 0 Å². The molecule has 1 heteroatoms. The molecule has 2 atom stereocenters. The predicted octanol–water partition coefficient (Wildman–Crippen LogP) is 1.02. The van der Waals surface area contributed by atoms with Crippen LogP contribution in [0.25, 0.3) is 0 Å². The van der Waals surface area contributed by atoms with Crippen LogP contribution in [0.5, 0.6) is 0 Å². The van der Waals surface area contributed by atoms with Crippen LogP contribution in [-0.2, 0) is 0 Å². The van der Waals surface area contributed by atoms with Crippen molar-refractivity contribution < 1.29 is 0 Å². The smallest absolute Gasteiger partial charge is 0.0794 e. The van der Waals surface area contributed by atoms with Gasteiger partial charge in [-0.3, -0.25) is 4.99 Å². The number of fused-ring (bicyclic) bond motifs is 1. The fourth-order valence-electron chi connectivity index (χ4n) is 1.07. The Morgan fingerprint density at radius 3 is 2.43 bits per heavy atom. The van der Waals surface area contributed by atoms with Gasteiger partial charge < -0.3 is 0 Å². The van der Waals surface area contributed by atoms with Crippen molar-refractivity contribution in [1.29, 1.82) is 0 Å². The Morgan fingerprint density at radius 1 is 1.57 bits per heavy atom. The van der Waals surface area contributed by atoms with Crippen molar-refractivity contribution >= 4 is 5.71 Å². The van der Waals surface area contributed by atoms with Gasteiger partial charge >= 0.3 is 0 Å².